The fourth-order valence-electron chi connectivity index (χ4n) is 5.44. The van der Waals surface area contributed by atoms with Crippen LogP contribution in [0.5, 0.6) is 11.5 Å². The molecule has 4 aromatic rings. The summed E-state index contributed by atoms with van der Waals surface area (Å²) in [6.45, 7) is 0.616. The van der Waals surface area contributed by atoms with Gasteiger partial charge < -0.3 is 25.0 Å². The Morgan fingerprint density at radius 1 is 0.913 bits per heavy atom. The SMILES string of the molecule is CS(=O)(=O)c1cccc(C(=O)N2CC[C@@H]3Oc4ccc(cc4)CNC(=O)COc4cccc(c4)-c4cncc(c4)C(=O)N[C@@H]3C2)c1. The van der Waals surface area contributed by atoms with E-state index < -0.39 is 27.9 Å². The molecule has 3 aliphatic rings. The highest BCUT2D eigenvalue weighted by Crippen LogP contribution is 2.26. The van der Waals surface area contributed by atoms with E-state index in [0.717, 1.165) is 17.4 Å². The van der Waals surface area contributed by atoms with Gasteiger partial charge >= 0.3 is 0 Å². The predicted octanol–water partition coefficient (Wildman–Crippen LogP) is 3.25. The van der Waals surface area contributed by atoms with E-state index in [1.165, 1.54) is 18.3 Å². The van der Waals surface area contributed by atoms with Crippen LogP contribution in [0.2, 0.25) is 0 Å². The van der Waals surface area contributed by atoms with Gasteiger partial charge in [0.15, 0.2) is 16.4 Å². The standard InChI is InChI=1S/C34H32N4O7S/c1-46(42,43)29-7-3-5-24(16-29)34(41)38-13-12-31-30(20-38)37-33(40)26-14-25(18-35-19-26)23-4-2-6-28(15-23)44-21-32(39)36-17-22-8-10-27(45-31)11-9-22/h2-11,14-16,18-19,30-31H,12-13,17,20-21H2,1H3,(H,36,39)(H,37,40)/t30-,31+/m1/s1. The molecule has 11 nitrogen and oxygen atoms in total. The fraction of sp³-hybridized carbons (Fsp3) is 0.235. The van der Waals surface area contributed by atoms with Crippen molar-refractivity contribution >= 4 is 27.6 Å². The molecule has 2 N–H and O–H groups in total. The Hall–Kier alpha value is -5.23. The first-order valence-corrected chi connectivity index (χ1v) is 16.6. The first-order chi connectivity index (χ1) is 22.1. The Bertz CT molecular complexity index is 1900. The second kappa shape index (κ2) is 13.0. The Kier molecular flexibility index (Phi) is 8.71. The lowest BCUT2D eigenvalue weighted by Crippen LogP contribution is -2.58. The van der Waals surface area contributed by atoms with Crippen LogP contribution in [-0.2, 0) is 21.2 Å². The maximum Gasteiger partial charge on any atom is 0.258 e. The molecule has 3 amide bonds. The van der Waals surface area contributed by atoms with Crippen LogP contribution in [-0.4, -0.2) is 74.1 Å². The average molecular weight is 641 g/mol. The number of rotatable bonds is 2. The maximum absolute atomic E-state index is 13.6. The van der Waals surface area contributed by atoms with Crippen LogP contribution >= 0.6 is 0 Å². The van der Waals surface area contributed by atoms with Crippen molar-refractivity contribution in [3.8, 4) is 22.6 Å². The summed E-state index contributed by atoms with van der Waals surface area (Å²) in [5.74, 6) is 0.0553. The van der Waals surface area contributed by atoms with Gasteiger partial charge in [0.2, 0.25) is 0 Å². The number of likely N-dealkylation sites (tertiary alicyclic amines) is 1. The zero-order chi connectivity index (χ0) is 32.3. The van der Waals surface area contributed by atoms with Crippen molar-refractivity contribution in [1.29, 1.82) is 0 Å². The van der Waals surface area contributed by atoms with Crippen molar-refractivity contribution in [2.45, 2.75) is 30.0 Å². The molecule has 0 radical (unpaired) electrons. The van der Waals surface area contributed by atoms with Gasteiger partial charge in [-0.15, -0.1) is 0 Å². The van der Waals surface area contributed by atoms with Crippen LogP contribution in [0, 0.1) is 0 Å². The van der Waals surface area contributed by atoms with Crippen molar-refractivity contribution in [3.63, 3.8) is 0 Å². The number of sulfone groups is 1. The van der Waals surface area contributed by atoms with E-state index in [2.05, 4.69) is 15.6 Å². The number of ether oxygens (including phenoxy) is 2. The first-order valence-electron chi connectivity index (χ1n) is 14.7. The van der Waals surface area contributed by atoms with Gasteiger partial charge in [0.05, 0.1) is 16.5 Å². The van der Waals surface area contributed by atoms with E-state index in [4.69, 9.17) is 9.47 Å². The molecule has 1 fully saturated rings. The molecular formula is C34H32N4O7S. The molecule has 4 heterocycles. The van der Waals surface area contributed by atoms with Crippen LogP contribution in [0.3, 0.4) is 0 Å². The minimum Gasteiger partial charge on any atom is -0.488 e. The van der Waals surface area contributed by atoms with Gasteiger partial charge in [-0.25, -0.2) is 8.42 Å². The van der Waals surface area contributed by atoms with E-state index >= 15 is 0 Å². The van der Waals surface area contributed by atoms with Gasteiger partial charge in [-0.3, -0.25) is 19.4 Å². The number of nitrogens with zero attached hydrogens (tertiary/aromatic N) is 2. The number of benzene rings is 3. The molecule has 3 aliphatic heterocycles. The summed E-state index contributed by atoms with van der Waals surface area (Å²) in [5, 5.41) is 5.91. The van der Waals surface area contributed by atoms with Gasteiger partial charge in [-0.1, -0.05) is 30.3 Å². The van der Waals surface area contributed by atoms with E-state index in [1.807, 2.05) is 18.2 Å². The lowest BCUT2D eigenvalue weighted by Gasteiger charge is -2.39. The number of nitrogens with one attached hydrogen (secondary N) is 2. The zero-order valence-electron chi connectivity index (χ0n) is 25.0. The summed E-state index contributed by atoms with van der Waals surface area (Å²) in [6, 6.07) is 21.5. The molecule has 0 saturated carbocycles. The summed E-state index contributed by atoms with van der Waals surface area (Å²) in [6.07, 6.45) is 4.13. The number of hydrogen-bond donors (Lipinski definition) is 2. The van der Waals surface area contributed by atoms with Crippen molar-refractivity contribution in [3.05, 3.63) is 108 Å². The molecule has 236 valence electrons. The van der Waals surface area contributed by atoms with Gasteiger partial charge in [-0.2, -0.15) is 0 Å². The van der Waals surface area contributed by atoms with Crippen molar-refractivity contribution < 1.29 is 32.3 Å². The van der Waals surface area contributed by atoms with Gasteiger partial charge in [-0.05, 0) is 59.7 Å². The molecule has 1 saturated heterocycles. The van der Waals surface area contributed by atoms with Crippen LogP contribution in [0.4, 0.5) is 0 Å². The normalized spacial score (nSPS) is 18.7. The Morgan fingerprint density at radius 2 is 1.70 bits per heavy atom. The second-order valence-electron chi connectivity index (χ2n) is 11.3. The lowest BCUT2D eigenvalue weighted by atomic mass is 9.99. The van der Waals surface area contributed by atoms with Crippen molar-refractivity contribution in [2.75, 3.05) is 26.0 Å². The number of carbonyl (C=O) groups is 3. The molecule has 46 heavy (non-hydrogen) atoms. The topological polar surface area (TPSA) is 144 Å². The largest absolute Gasteiger partial charge is 0.488 e. The van der Waals surface area contributed by atoms with E-state index in [9.17, 15) is 22.8 Å². The highest BCUT2D eigenvalue weighted by Gasteiger charge is 2.35. The molecule has 7 rings (SSSR count). The molecule has 1 aromatic heterocycles. The summed E-state index contributed by atoms with van der Waals surface area (Å²) >= 11 is 0. The third-order valence-electron chi connectivity index (χ3n) is 7.90. The van der Waals surface area contributed by atoms with Crippen molar-refractivity contribution in [2.24, 2.45) is 0 Å². The number of fused-ring (bicyclic) bond motifs is 7. The van der Waals surface area contributed by atoms with Gasteiger partial charge in [0.25, 0.3) is 17.7 Å². The number of carbonyl (C=O) groups excluding carboxylic acids is 3. The fourth-order valence-corrected chi connectivity index (χ4v) is 6.10. The summed E-state index contributed by atoms with van der Waals surface area (Å²) < 4.78 is 36.3. The highest BCUT2D eigenvalue weighted by atomic mass is 32.2. The first kappa shape index (κ1) is 30.8. The Balaban J connectivity index is 1.31. The Morgan fingerprint density at radius 3 is 2.50 bits per heavy atom. The van der Waals surface area contributed by atoms with E-state index in [-0.39, 0.29) is 35.4 Å². The smallest absolute Gasteiger partial charge is 0.258 e. The predicted molar refractivity (Wildman–Crippen MR) is 169 cm³/mol. The van der Waals surface area contributed by atoms with Gasteiger partial charge in [0.1, 0.15) is 17.6 Å². The maximum atomic E-state index is 13.6. The third kappa shape index (κ3) is 7.18. The van der Waals surface area contributed by atoms with Crippen LogP contribution in [0.25, 0.3) is 11.1 Å². The van der Waals surface area contributed by atoms with E-state index in [0.29, 0.717) is 42.1 Å². The molecule has 2 atom stereocenters. The minimum atomic E-state index is -3.51. The average Bonchev–Trinajstić information content (AvgIpc) is 3.07. The van der Waals surface area contributed by atoms with Crippen LogP contribution < -0.4 is 20.1 Å². The Labute approximate surface area is 266 Å². The molecular weight excluding hydrogens is 608 g/mol. The number of pyridine rings is 1. The van der Waals surface area contributed by atoms with Crippen LogP contribution in [0.15, 0.2) is 96.2 Å². The molecule has 0 spiro atoms. The molecule has 0 unspecified atom stereocenters. The quantitative estimate of drug-likeness (QED) is 0.340. The molecule has 6 bridgehead atoms. The number of piperidine rings is 1. The van der Waals surface area contributed by atoms with Gasteiger partial charge in [0, 0.05) is 55.8 Å². The summed E-state index contributed by atoms with van der Waals surface area (Å²) in [4.78, 5) is 45.6. The third-order valence-corrected chi connectivity index (χ3v) is 9.01. The number of amides is 3. The van der Waals surface area contributed by atoms with E-state index in [1.54, 1.807) is 59.6 Å². The minimum absolute atomic E-state index is 0.0555. The molecule has 0 aliphatic carbocycles. The zero-order valence-corrected chi connectivity index (χ0v) is 25.8. The van der Waals surface area contributed by atoms with Crippen LogP contribution in [0.1, 0.15) is 32.7 Å². The summed E-state index contributed by atoms with van der Waals surface area (Å²) in [7, 11) is -3.51. The molecule has 3 aromatic carbocycles. The molecule has 12 heteroatoms. The monoisotopic (exact) mass is 640 g/mol. The number of hydrogen-bond acceptors (Lipinski definition) is 8. The summed E-state index contributed by atoms with van der Waals surface area (Å²) in [5.41, 5.74) is 2.84. The lowest BCUT2D eigenvalue weighted by molar-refractivity contribution is -0.123. The van der Waals surface area contributed by atoms with Crippen molar-refractivity contribution in [1.82, 2.24) is 20.5 Å². The number of aromatic nitrogens is 1. The second-order valence-corrected chi connectivity index (χ2v) is 13.3. The highest BCUT2D eigenvalue weighted by molar-refractivity contribution is 7.90.